The number of rotatable bonds is 5. The Morgan fingerprint density at radius 2 is 1.68 bits per heavy atom. The van der Waals surface area contributed by atoms with E-state index in [2.05, 4.69) is 10.3 Å². The fraction of sp³-hybridized carbons (Fsp3) is 0.0435. The molecule has 6 nitrogen and oxygen atoms in total. The van der Waals surface area contributed by atoms with Gasteiger partial charge < -0.3 is 9.50 Å². The molecule has 0 aliphatic rings. The number of nitrogens with zero attached hydrogens (tertiary/aromatic N) is 1. The van der Waals surface area contributed by atoms with Gasteiger partial charge in [0.25, 0.3) is 5.91 Å². The predicted octanol–water partition coefficient (Wildman–Crippen LogP) is 5.22. The molecule has 0 aliphatic carbocycles. The molecule has 156 valence electrons. The minimum Gasteiger partial charge on any atom is -0.378 e. The van der Waals surface area contributed by atoms with Gasteiger partial charge in [-0.15, -0.1) is 0 Å². The molecule has 0 spiro atoms. The van der Waals surface area contributed by atoms with Crippen LogP contribution < -0.4 is 9.50 Å². The van der Waals surface area contributed by atoms with Crippen molar-refractivity contribution in [3.05, 3.63) is 95.1 Å². The number of fused-ring (bicyclic) bond motifs is 1. The quantitative estimate of drug-likeness (QED) is 0.420. The van der Waals surface area contributed by atoms with E-state index >= 15 is 0 Å². The Balaban J connectivity index is 1.67. The van der Waals surface area contributed by atoms with E-state index in [1.165, 1.54) is 18.2 Å². The van der Waals surface area contributed by atoms with Gasteiger partial charge in [0.2, 0.25) is 0 Å². The van der Waals surface area contributed by atoms with Crippen molar-refractivity contribution >= 4 is 44.2 Å². The Kier molecular flexibility index (Phi) is 5.63. The summed E-state index contributed by atoms with van der Waals surface area (Å²) in [4.78, 5) is 16.9. The predicted molar refractivity (Wildman–Crippen MR) is 120 cm³/mol. The molecule has 0 saturated carbocycles. The molecule has 1 aromatic heterocycles. The van der Waals surface area contributed by atoms with E-state index in [-0.39, 0.29) is 16.6 Å². The van der Waals surface area contributed by atoms with Crippen LogP contribution in [0.3, 0.4) is 0 Å². The van der Waals surface area contributed by atoms with Crippen LogP contribution in [0.2, 0.25) is 5.02 Å². The fourth-order valence-electron chi connectivity index (χ4n) is 2.99. The highest BCUT2D eigenvalue weighted by Crippen LogP contribution is 2.32. The lowest BCUT2D eigenvalue weighted by molar-refractivity contribution is 0.102. The number of benzene rings is 3. The third-order valence-electron chi connectivity index (χ3n) is 4.59. The van der Waals surface area contributed by atoms with Crippen LogP contribution in [0.25, 0.3) is 10.9 Å². The Morgan fingerprint density at radius 1 is 0.968 bits per heavy atom. The maximum absolute atomic E-state index is 12.7. The Hall–Kier alpha value is -3.42. The number of halogens is 1. The van der Waals surface area contributed by atoms with Gasteiger partial charge in [-0.2, -0.15) is 8.42 Å². The van der Waals surface area contributed by atoms with Crippen molar-refractivity contribution in [3.63, 3.8) is 0 Å². The third-order valence-corrected chi connectivity index (χ3v) is 6.09. The molecule has 4 aromatic rings. The summed E-state index contributed by atoms with van der Waals surface area (Å²) in [6, 6.07) is 19.3. The summed E-state index contributed by atoms with van der Waals surface area (Å²) in [7, 11) is -4.03. The van der Waals surface area contributed by atoms with E-state index in [0.717, 1.165) is 5.56 Å². The normalized spacial score (nSPS) is 11.3. The molecule has 3 aromatic carbocycles. The average molecular weight is 453 g/mol. The Labute approximate surface area is 184 Å². The number of amides is 1. The van der Waals surface area contributed by atoms with Crippen molar-refractivity contribution in [2.45, 2.75) is 11.8 Å². The van der Waals surface area contributed by atoms with E-state index in [4.69, 9.17) is 15.8 Å². The number of hydrogen-bond donors (Lipinski definition) is 1. The zero-order valence-corrected chi connectivity index (χ0v) is 17.9. The number of hydrogen-bond acceptors (Lipinski definition) is 5. The van der Waals surface area contributed by atoms with Crippen LogP contribution in [0.4, 0.5) is 5.69 Å². The monoisotopic (exact) mass is 452 g/mol. The van der Waals surface area contributed by atoms with Gasteiger partial charge in [-0.3, -0.25) is 9.78 Å². The van der Waals surface area contributed by atoms with Gasteiger partial charge in [0.15, 0.2) is 5.75 Å². The van der Waals surface area contributed by atoms with E-state index < -0.39 is 10.1 Å². The second-order valence-electron chi connectivity index (χ2n) is 6.82. The molecule has 0 fully saturated rings. The van der Waals surface area contributed by atoms with Crippen LogP contribution in [0.15, 0.2) is 83.9 Å². The largest absolute Gasteiger partial charge is 0.378 e. The first-order valence-electron chi connectivity index (χ1n) is 9.29. The van der Waals surface area contributed by atoms with E-state index in [1.54, 1.807) is 60.8 Å². The van der Waals surface area contributed by atoms with Gasteiger partial charge in [-0.1, -0.05) is 29.3 Å². The van der Waals surface area contributed by atoms with E-state index in [1.807, 2.05) is 6.92 Å². The molecule has 1 amide bonds. The number of aromatic nitrogens is 1. The maximum atomic E-state index is 12.7. The van der Waals surface area contributed by atoms with Crippen molar-refractivity contribution in [1.29, 1.82) is 0 Å². The molecule has 0 unspecified atom stereocenters. The lowest BCUT2D eigenvalue weighted by Gasteiger charge is -2.13. The molecule has 0 bridgehead atoms. The summed E-state index contributed by atoms with van der Waals surface area (Å²) in [6.45, 7) is 1.87. The summed E-state index contributed by atoms with van der Waals surface area (Å²) in [5.74, 6) is -0.224. The minimum absolute atomic E-state index is 0.0512. The molecule has 0 atom stereocenters. The van der Waals surface area contributed by atoms with Crippen LogP contribution in [0.5, 0.6) is 5.75 Å². The molecule has 8 heteroatoms. The zero-order valence-electron chi connectivity index (χ0n) is 16.4. The summed E-state index contributed by atoms with van der Waals surface area (Å²) in [6.07, 6.45) is 1.55. The second kappa shape index (κ2) is 8.37. The van der Waals surface area contributed by atoms with Crippen LogP contribution >= 0.6 is 11.6 Å². The van der Waals surface area contributed by atoms with Crippen LogP contribution in [-0.4, -0.2) is 19.3 Å². The molecule has 1 heterocycles. The van der Waals surface area contributed by atoms with E-state index in [0.29, 0.717) is 27.2 Å². The lowest BCUT2D eigenvalue weighted by Crippen LogP contribution is -2.13. The topological polar surface area (TPSA) is 85.4 Å². The van der Waals surface area contributed by atoms with Crippen molar-refractivity contribution < 1.29 is 17.4 Å². The zero-order chi connectivity index (χ0) is 22.0. The SMILES string of the molecule is Cc1ccc(S(=O)(=O)Oc2ccc(NC(=O)c3ccc(Cl)cc3)c3ncccc23)cc1. The number of anilines is 1. The van der Waals surface area contributed by atoms with Crippen LogP contribution in [-0.2, 0) is 10.1 Å². The van der Waals surface area contributed by atoms with Gasteiger partial charge >= 0.3 is 10.1 Å². The first-order valence-corrected chi connectivity index (χ1v) is 11.1. The molecule has 0 radical (unpaired) electrons. The highest BCUT2D eigenvalue weighted by Gasteiger charge is 2.19. The number of carbonyl (C=O) groups excluding carboxylic acids is 1. The van der Waals surface area contributed by atoms with Crippen LogP contribution in [0.1, 0.15) is 15.9 Å². The third kappa shape index (κ3) is 4.52. The summed E-state index contributed by atoms with van der Waals surface area (Å²) in [5, 5.41) is 3.78. The Morgan fingerprint density at radius 3 is 2.39 bits per heavy atom. The average Bonchev–Trinajstić information content (AvgIpc) is 2.76. The highest BCUT2D eigenvalue weighted by atomic mass is 35.5. The second-order valence-corrected chi connectivity index (χ2v) is 8.81. The van der Waals surface area contributed by atoms with Gasteiger partial charge in [0, 0.05) is 22.2 Å². The molecule has 1 N–H and O–H groups in total. The molecule has 0 aliphatic heterocycles. The smallest absolute Gasteiger partial charge is 0.339 e. The van der Waals surface area contributed by atoms with Crippen molar-refractivity contribution in [2.24, 2.45) is 0 Å². The number of carbonyl (C=O) groups is 1. The number of pyridine rings is 1. The highest BCUT2D eigenvalue weighted by molar-refractivity contribution is 7.87. The first kappa shape index (κ1) is 20.8. The standard InChI is InChI=1S/C23H17ClN2O4S/c1-15-4-10-18(11-5-15)31(28,29)30-21-13-12-20(22-19(21)3-2-14-25-22)26-23(27)16-6-8-17(24)9-7-16/h2-14H,1H3,(H,26,27). The van der Waals surface area contributed by atoms with Crippen molar-refractivity contribution in [1.82, 2.24) is 4.98 Å². The van der Waals surface area contributed by atoms with Crippen molar-refractivity contribution in [3.8, 4) is 5.75 Å². The maximum Gasteiger partial charge on any atom is 0.339 e. The van der Waals surface area contributed by atoms with E-state index in [9.17, 15) is 13.2 Å². The van der Waals surface area contributed by atoms with Crippen LogP contribution in [0, 0.1) is 6.92 Å². The van der Waals surface area contributed by atoms with Gasteiger partial charge in [-0.25, -0.2) is 0 Å². The molecular formula is C23H17ClN2O4S. The summed E-state index contributed by atoms with van der Waals surface area (Å²) in [5.41, 5.74) is 2.20. The van der Waals surface area contributed by atoms with Crippen molar-refractivity contribution in [2.75, 3.05) is 5.32 Å². The number of aryl methyl sites for hydroxylation is 1. The molecule has 0 saturated heterocycles. The Bertz CT molecular complexity index is 1370. The molecular weight excluding hydrogens is 436 g/mol. The summed E-state index contributed by atoms with van der Waals surface area (Å²) >= 11 is 5.87. The molecule has 4 rings (SSSR count). The lowest BCUT2D eigenvalue weighted by atomic mass is 10.1. The minimum atomic E-state index is -4.03. The first-order chi connectivity index (χ1) is 14.8. The van der Waals surface area contributed by atoms with Gasteiger partial charge in [0.05, 0.1) is 11.2 Å². The molecule has 31 heavy (non-hydrogen) atoms. The van der Waals surface area contributed by atoms with Gasteiger partial charge in [0.1, 0.15) is 4.90 Å². The van der Waals surface area contributed by atoms with Gasteiger partial charge in [-0.05, 0) is 67.6 Å². The number of nitrogens with one attached hydrogen (secondary N) is 1. The summed E-state index contributed by atoms with van der Waals surface area (Å²) < 4.78 is 30.8. The fourth-order valence-corrected chi connectivity index (χ4v) is 4.06.